The number of rotatable bonds is 4. The van der Waals surface area contributed by atoms with Crippen LogP contribution in [0.25, 0.3) is 22.8 Å². The van der Waals surface area contributed by atoms with Crippen LogP contribution in [0, 0.1) is 0 Å². The van der Waals surface area contributed by atoms with E-state index in [1.54, 1.807) is 26.2 Å². The van der Waals surface area contributed by atoms with Crippen LogP contribution in [0.4, 0.5) is 0 Å². The Balaban J connectivity index is 1.59. The average molecular weight is 310 g/mol. The summed E-state index contributed by atoms with van der Waals surface area (Å²) < 4.78 is 5.36. The summed E-state index contributed by atoms with van der Waals surface area (Å²) in [7, 11) is 0. The van der Waals surface area contributed by atoms with Crippen LogP contribution < -0.4 is 0 Å². The molecule has 1 aliphatic rings. The molecule has 1 saturated carbocycles. The highest BCUT2D eigenvalue weighted by Gasteiger charge is 2.28. The highest BCUT2D eigenvalue weighted by atomic mass is 16.5. The minimum absolute atomic E-state index is 0.532. The molecule has 6 nitrogen and oxygen atoms in total. The Labute approximate surface area is 133 Å². The number of imidazole rings is 1. The van der Waals surface area contributed by atoms with Crippen molar-refractivity contribution in [1.29, 1.82) is 0 Å². The molecular formula is C17H18N4O2. The van der Waals surface area contributed by atoms with E-state index in [1.807, 2.05) is 18.2 Å². The highest BCUT2D eigenvalue weighted by molar-refractivity contribution is 5.62. The molecule has 0 aromatic carbocycles. The normalized spacial score (nSPS) is 15.1. The first kappa shape index (κ1) is 14.1. The second kappa shape index (κ2) is 5.03. The zero-order valence-corrected chi connectivity index (χ0v) is 13.1. The predicted octanol–water partition coefficient (Wildman–Crippen LogP) is 3.23. The molecule has 1 fully saturated rings. The summed E-state index contributed by atoms with van der Waals surface area (Å²) in [6.45, 7) is 3.43. The zero-order valence-electron chi connectivity index (χ0n) is 13.1. The Morgan fingerprint density at radius 2 is 2.04 bits per heavy atom. The van der Waals surface area contributed by atoms with Crippen molar-refractivity contribution in [2.75, 3.05) is 0 Å². The quantitative estimate of drug-likeness (QED) is 0.772. The van der Waals surface area contributed by atoms with Gasteiger partial charge >= 0.3 is 0 Å². The van der Waals surface area contributed by atoms with Crippen molar-refractivity contribution >= 4 is 0 Å². The minimum Gasteiger partial charge on any atom is -0.384 e. The van der Waals surface area contributed by atoms with E-state index >= 15 is 0 Å². The van der Waals surface area contributed by atoms with E-state index in [-0.39, 0.29) is 0 Å². The molecule has 3 aromatic rings. The number of aliphatic hydroxyl groups is 1. The molecule has 3 aromatic heterocycles. The maximum Gasteiger partial charge on any atom is 0.160 e. The molecule has 0 amide bonds. The van der Waals surface area contributed by atoms with Gasteiger partial charge in [-0.05, 0) is 38.8 Å². The van der Waals surface area contributed by atoms with Gasteiger partial charge in [0.15, 0.2) is 5.82 Å². The van der Waals surface area contributed by atoms with E-state index in [2.05, 4.69) is 20.1 Å². The Morgan fingerprint density at radius 3 is 2.70 bits per heavy atom. The molecule has 1 aliphatic carbocycles. The number of H-pyrrole nitrogens is 1. The van der Waals surface area contributed by atoms with Gasteiger partial charge in [-0.2, -0.15) is 0 Å². The maximum atomic E-state index is 9.95. The second-order valence-corrected chi connectivity index (χ2v) is 6.53. The number of pyridine rings is 1. The van der Waals surface area contributed by atoms with Crippen LogP contribution in [0.5, 0.6) is 0 Å². The van der Waals surface area contributed by atoms with Crippen molar-refractivity contribution < 1.29 is 9.63 Å². The van der Waals surface area contributed by atoms with Crippen LogP contribution in [0.1, 0.15) is 44.1 Å². The van der Waals surface area contributed by atoms with Gasteiger partial charge in [0.1, 0.15) is 17.1 Å². The number of hydrogen-bond acceptors (Lipinski definition) is 5. The van der Waals surface area contributed by atoms with Gasteiger partial charge in [0, 0.05) is 23.7 Å². The van der Waals surface area contributed by atoms with Crippen LogP contribution in [0.2, 0.25) is 0 Å². The molecule has 118 valence electrons. The Bertz CT molecular complexity index is 823. The molecule has 6 heteroatoms. The molecule has 0 saturated heterocycles. The molecule has 23 heavy (non-hydrogen) atoms. The molecule has 2 N–H and O–H groups in total. The van der Waals surface area contributed by atoms with Crippen LogP contribution in [0.3, 0.4) is 0 Å². The number of aromatic amines is 1. The first-order chi connectivity index (χ1) is 11.0. The van der Waals surface area contributed by atoms with Gasteiger partial charge in [0.25, 0.3) is 0 Å². The fraction of sp³-hybridized carbons (Fsp3) is 0.353. The van der Waals surface area contributed by atoms with Crippen molar-refractivity contribution in [3.05, 3.63) is 42.0 Å². The van der Waals surface area contributed by atoms with Crippen molar-refractivity contribution in [2.45, 2.75) is 38.2 Å². The molecule has 0 spiro atoms. The summed E-state index contributed by atoms with van der Waals surface area (Å²) in [5.74, 6) is 2.15. The molecule has 4 rings (SSSR count). The first-order valence-electron chi connectivity index (χ1n) is 7.72. The van der Waals surface area contributed by atoms with E-state index in [9.17, 15) is 5.11 Å². The molecule has 0 bridgehead atoms. The number of aromatic nitrogens is 4. The average Bonchev–Trinajstić information content (AvgIpc) is 3.07. The van der Waals surface area contributed by atoms with Crippen molar-refractivity contribution in [2.24, 2.45) is 0 Å². The SMILES string of the molecule is CC(C)(O)c1ccc(-c2cnc(-c3cc(C4CC4)on3)[nH]2)cn1. The molecular weight excluding hydrogens is 292 g/mol. The lowest BCUT2D eigenvalue weighted by molar-refractivity contribution is 0.0739. The predicted molar refractivity (Wildman–Crippen MR) is 84.5 cm³/mol. The van der Waals surface area contributed by atoms with Gasteiger partial charge in [0.2, 0.25) is 0 Å². The fourth-order valence-corrected chi connectivity index (χ4v) is 2.47. The lowest BCUT2D eigenvalue weighted by Crippen LogP contribution is -2.17. The molecule has 0 unspecified atom stereocenters. The number of hydrogen-bond donors (Lipinski definition) is 2. The molecule has 0 aliphatic heterocycles. The second-order valence-electron chi connectivity index (χ2n) is 6.53. The fourth-order valence-electron chi connectivity index (χ4n) is 2.47. The number of nitrogens with zero attached hydrogens (tertiary/aromatic N) is 3. The lowest BCUT2D eigenvalue weighted by atomic mass is 10.0. The largest absolute Gasteiger partial charge is 0.384 e. The van der Waals surface area contributed by atoms with E-state index in [0.29, 0.717) is 17.4 Å². The third-order valence-corrected chi connectivity index (χ3v) is 4.03. The Hall–Kier alpha value is -2.47. The van der Waals surface area contributed by atoms with Gasteiger partial charge in [0.05, 0.1) is 17.6 Å². The van der Waals surface area contributed by atoms with Crippen LogP contribution in [-0.2, 0) is 5.60 Å². The first-order valence-corrected chi connectivity index (χ1v) is 7.72. The smallest absolute Gasteiger partial charge is 0.160 e. The van der Waals surface area contributed by atoms with E-state index in [0.717, 1.165) is 22.7 Å². The van der Waals surface area contributed by atoms with Gasteiger partial charge < -0.3 is 14.6 Å². The third kappa shape index (κ3) is 2.77. The monoisotopic (exact) mass is 310 g/mol. The van der Waals surface area contributed by atoms with Crippen molar-refractivity contribution in [3.8, 4) is 22.8 Å². The van der Waals surface area contributed by atoms with Gasteiger partial charge in [-0.1, -0.05) is 5.16 Å². The molecule has 3 heterocycles. The number of nitrogens with one attached hydrogen (secondary N) is 1. The minimum atomic E-state index is -0.947. The van der Waals surface area contributed by atoms with E-state index < -0.39 is 5.60 Å². The van der Waals surface area contributed by atoms with Crippen molar-refractivity contribution in [1.82, 2.24) is 20.1 Å². The summed E-state index contributed by atoms with van der Waals surface area (Å²) in [4.78, 5) is 11.9. The van der Waals surface area contributed by atoms with Crippen molar-refractivity contribution in [3.63, 3.8) is 0 Å². The summed E-state index contributed by atoms with van der Waals surface area (Å²) in [5.41, 5.74) is 2.16. The molecule has 0 atom stereocenters. The summed E-state index contributed by atoms with van der Waals surface area (Å²) in [5, 5.41) is 14.0. The topological polar surface area (TPSA) is 87.8 Å². The van der Waals surface area contributed by atoms with Gasteiger partial charge in [-0.3, -0.25) is 4.98 Å². The Kier molecular flexibility index (Phi) is 3.09. The van der Waals surface area contributed by atoms with Crippen LogP contribution in [0.15, 0.2) is 35.1 Å². The molecule has 0 radical (unpaired) electrons. The van der Waals surface area contributed by atoms with E-state index in [1.165, 1.54) is 12.8 Å². The van der Waals surface area contributed by atoms with Gasteiger partial charge in [-0.25, -0.2) is 4.98 Å². The Morgan fingerprint density at radius 1 is 1.22 bits per heavy atom. The standard InChI is InChI=1S/C17H18N4O2/c1-17(2,22)15-6-5-11(8-18-15)13-9-19-16(20-13)12-7-14(23-21-12)10-3-4-10/h5-10,22H,3-4H2,1-2H3,(H,19,20). The van der Waals surface area contributed by atoms with Gasteiger partial charge in [-0.15, -0.1) is 0 Å². The zero-order chi connectivity index (χ0) is 16.0. The van der Waals surface area contributed by atoms with Crippen LogP contribution >= 0.6 is 0 Å². The summed E-state index contributed by atoms with van der Waals surface area (Å²) >= 11 is 0. The maximum absolute atomic E-state index is 9.95. The lowest BCUT2D eigenvalue weighted by Gasteiger charge is -2.16. The van der Waals surface area contributed by atoms with Crippen LogP contribution in [-0.4, -0.2) is 25.2 Å². The summed E-state index contributed by atoms with van der Waals surface area (Å²) in [6.07, 6.45) is 5.83. The third-order valence-electron chi connectivity index (χ3n) is 4.03. The van der Waals surface area contributed by atoms with E-state index in [4.69, 9.17) is 4.52 Å². The summed E-state index contributed by atoms with van der Waals surface area (Å²) in [6, 6.07) is 5.68. The highest BCUT2D eigenvalue weighted by Crippen LogP contribution is 2.41.